The molecule has 5 heteroatoms. The van der Waals surface area contributed by atoms with Crippen LogP contribution in [0.1, 0.15) is 31.4 Å². The van der Waals surface area contributed by atoms with Crippen LogP contribution in [0.3, 0.4) is 0 Å². The first-order chi connectivity index (χ1) is 10.1. The van der Waals surface area contributed by atoms with Crippen LogP contribution in [0.25, 0.3) is 0 Å². The topological polar surface area (TPSA) is 43.8 Å². The smallest absolute Gasteiger partial charge is 0.304 e. The van der Waals surface area contributed by atoms with Crippen LogP contribution < -0.4 is 0 Å². The second-order valence-corrected chi connectivity index (χ2v) is 5.50. The Morgan fingerprint density at radius 1 is 1.24 bits per heavy atom. The minimum atomic E-state index is -0.741. The zero-order chi connectivity index (χ0) is 15.2. The fraction of sp³-hybridized carbons (Fsp3) is 0.562. The molecule has 0 bridgehead atoms. The van der Waals surface area contributed by atoms with Crippen molar-refractivity contribution in [3.8, 4) is 0 Å². The maximum absolute atomic E-state index is 13.0. The van der Waals surface area contributed by atoms with Gasteiger partial charge in [0.05, 0.1) is 6.42 Å². The Labute approximate surface area is 125 Å². The highest BCUT2D eigenvalue weighted by Crippen LogP contribution is 2.25. The summed E-state index contributed by atoms with van der Waals surface area (Å²) in [5, 5.41) is 8.73. The Balaban J connectivity index is 1.90. The summed E-state index contributed by atoms with van der Waals surface area (Å²) in [5.41, 5.74) is 1.15. The molecular weight excluding hydrogens is 271 g/mol. The molecule has 1 aliphatic rings. The first kappa shape index (κ1) is 15.9. The first-order valence-electron chi connectivity index (χ1n) is 7.54. The quantitative estimate of drug-likeness (QED) is 0.875. The van der Waals surface area contributed by atoms with E-state index in [1.807, 2.05) is 12.1 Å². The van der Waals surface area contributed by atoms with Crippen molar-refractivity contribution >= 4 is 5.97 Å². The van der Waals surface area contributed by atoms with Crippen molar-refractivity contribution in [1.29, 1.82) is 0 Å². The molecule has 4 nitrogen and oxygen atoms in total. The molecule has 1 N–H and O–H groups in total. The third-order valence-corrected chi connectivity index (χ3v) is 4.13. The lowest BCUT2D eigenvalue weighted by atomic mass is 10.0. The maximum Gasteiger partial charge on any atom is 0.304 e. The number of piperazine rings is 1. The number of carboxylic acid groups (broad SMARTS) is 1. The van der Waals surface area contributed by atoms with Gasteiger partial charge in [0.25, 0.3) is 0 Å². The Hall–Kier alpha value is -1.46. The van der Waals surface area contributed by atoms with Gasteiger partial charge in [0.1, 0.15) is 5.82 Å². The number of benzene rings is 1. The highest BCUT2D eigenvalue weighted by Gasteiger charge is 2.23. The minimum absolute atomic E-state index is 0.202. The van der Waals surface area contributed by atoms with Crippen molar-refractivity contribution in [2.45, 2.75) is 25.8 Å². The molecule has 1 aromatic carbocycles. The summed E-state index contributed by atoms with van der Waals surface area (Å²) in [7, 11) is 0. The molecule has 1 unspecified atom stereocenters. The zero-order valence-corrected chi connectivity index (χ0v) is 12.5. The lowest BCUT2D eigenvalue weighted by Crippen LogP contribution is -2.47. The van der Waals surface area contributed by atoms with E-state index < -0.39 is 5.97 Å². The number of halogens is 1. The Morgan fingerprint density at radius 2 is 1.86 bits per heavy atom. The van der Waals surface area contributed by atoms with Crippen LogP contribution in [0, 0.1) is 5.82 Å². The fourth-order valence-electron chi connectivity index (χ4n) is 2.94. The van der Waals surface area contributed by atoms with E-state index in [0.717, 1.165) is 38.2 Å². The van der Waals surface area contributed by atoms with Crippen molar-refractivity contribution < 1.29 is 14.3 Å². The molecule has 0 spiro atoms. The molecule has 1 atom stereocenters. The average Bonchev–Trinajstić information content (AvgIpc) is 2.49. The second kappa shape index (κ2) is 7.52. The van der Waals surface area contributed by atoms with Gasteiger partial charge in [-0.2, -0.15) is 0 Å². The molecule has 1 aliphatic heterocycles. The highest BCUT2D eigenvalue weighted by molar-refractivity contribution is 5.66. The molecule has 21 heavy (non-hydrogen) atoms. The summed E-state index contributed by atoms with van der Waals surface area (Å²) in [6.07, 6.45) is 1.19. The van der Waals surface area contributed by atoms with Crippen LogP contribution in [0.15, 0.2) is 24.3 Å². The van der Waals surface area contributed by atoms with Crippen LogP contribution in [0.2, 0.25) is 0 Å². The van der Waals surface area contributed by atoms with Crippen molar-refractivity contribution in [3.05, 3.63) is 35.6 Å². The van der Waals surface area contributed by atoms with Gasteiger partial charge in [0.15, 0.2) is 0 Å². The first-order valence-corrected chi connectivity index (χ1v) is 7.54. The summed E-state index contributed by atoms with van der Waals surface area (Å²) >= 11 is 0. The SMILES string of the molecule is CCC(c1ccc(F)cc1)N1CCN(CCC(=O)O)CC1. The van der Waals surface area contributed by atoms with Gasteiger partial charge in [0.2, 0.25) is 0 Å². The van der Waals surface area contributed by atoms with Crippen molar-refractivity contribution in [1.82, 2.24) is 9.80 Å². The van der Waals surface area contributed by atoms with E-state index in [9.17, 15) is 9.18 Å². The molecule has 116 valence electrons. The van der Waals surface area contributed by atoms with Gasteiger partial charge in [-0.3, -0.25) is 9.69 Å². The van der Waals surface area contributed by atoms with E-state index in [1.54, 1.807) is 0 Å². The predicted octanol–water partition coefficient (Wildman–Crippen LogP) is 2.37. The lowest BCUT2D eigenvalue weighted by molar-refractivity contribution is -0.137. The molecular formula is C16H23FN2O2. The minimum Gasteiger partial charge on any atom is -0.481 e. The van der Waals surface area contributed by atoms with E-state index in [4.69, 9.17) is 5.11 Å². The zero-order valence-electron chi connectivity index (χ0n) is 12.5. The lowest BCUT2D eigenvalue weighted by Gasteiger charge is -2.39. The molecule has 1 saturated heterocycles. The summed E-state index contributed by atoms with van der Waals surface area (Å²) < 4.78 is 13.0. The van der Waals surface area contributed by atoms with Crippen molar-refractivity contribution in [2.24, 2.45) is 0 Å². The van der Waals surface area contributed by atoms with Gasteiger partial charge >= 0.3 is 5.97 Å². The normalized spacial score (nSPS) is 18.6. The van der Waals surface area contributed by atoms with E-state index in [2.05, 4.69) is 16.7 Å². The van der Waals surface area contributed by atoms with Crippen molar-refractivity contribution in [2.75, 3.05) is 32.7 Å². The Morgan fingerprint density at radius 3 is 2.38 bits per heavy atom. The summed E-state index contributed by atoms with van der Waals surface area (Å²) in [6.45, 7) is 6.41. The third-order valence-electron chi connectivity index (χ3n) is 4.13. The maximum atomic E-state index is 13.0. The van der Waals surface area contributed by atoms with Crippen LogP contribution in [0.5, 0.6) is 0 Å². The number of hydrogen-bond acceptors (Lipinski definition) is 3. The van der Waals surface area contributed by atoms with E-state index in [0.29, 0.717) is 12.6 Å². The molecule has 1 fully saturated rings. The monoisotopic (exact) mass is 294 g/mol. The summed E-state index contributed by atoms with van der Waals surface area (Å²) in [6, 6.07) is 7.07. The van der Waals surface area contributed by atoms with Crippen LogP contribution >= 0.6 is 0 Å². The average molecular weight is 294 g/mol. The fourth-order valence-corrected chi connectivity index (χ4v) is 2.94. The number of rotatable bonds is 6. The van der Waals surface area contributed by atoms with Gasteiger partial charge in [0, 0.05) is 38.8 Å². The summed E-state index contributed by atoms with van der Waals surface area (Å²) in [4.78, 5) is 15.2. The van der Waals surface area contributed by atoms with E-state index >= 15 is 0 Å². The van der Waals surface area contributed by atoms with E-state index in [-0.39, 0.29) is 12.2 Å². The number of hydrogen-bond donors (Lipinski definition) is 1. The number of aliphatic carboxylic acids is 1. The van der Waals surface area contributed by atoms with Gasteiger partial charge in [-0.15, -0.1) is 0 Å². The molecule has 2 rings (SSSR count). The molecule has 0 aromatic heterocycles. The van der Waals surface area contributed by atoms with Crippen LogP contribution in [-0.4, -0.2) is 53.6 Å². The van der Waals surface area contributed by atoms with Gasteiger partial charge in [-0.1, -0.05) is 19.1 Å². The van der Waals surface area contributed by atoms with Gasteiger partial charge < -0.3 is 10.0 Å². The highest BCUT2D eigenvalue weighted by atomic mass is 19.1. The molecule has 0 aliphatic carbocycles. The van der Waals surface area contributed by atoms with Crippen molar-refractivity contribution in [3.63, 3.8) is 0 Å². The molecule has 0 amide bonds. The number of carbonyl (C=O) groups is 1. The Kier molecular flexibility index (Phi) is 5.70. The second-order valence-electron chi connectivity index (χ2n) is 5.50. The third kappa shape index (κ3) is 4.51. The predicted molar refractivity (Wildman–Crippen MR) is 79.7 cm³/mol. The van der Waals surface area contributed by atoms with Crippen LogP contribution in [0.4, 0.5) is 4.39 Å². The largest absolute Gasteiger partial charge is 0.481 e. The van der Waals surface area contributed by atoms with Crippen LogP contribution in [-0.2, 0) is 4.79 Å². The molecule has 0 saturated carbocycles. The number of nitrogens with zero attached hydrogens (tertiary/aromatic N) is 2. The molecule has 0 radical (unpaired) electrons. The summed E-state index contributed by atoms with van der Waals surface area (Å²) in [5.74, 6) is -0.942. The number of carboxylic acids is 1. The Bertz CT molecular complexity index is 456. The van der Waals surface area contributed by atoms with Gasteiger partial charge in [-0.05, 0) is 24.1 Å². The molecule has 1 aromatic rings. The van der Waals surface area contributed by atoms with Gasteiger partial charge in [-0.25, -0.2) is 4.39 Å². The van der Waals surface area contributed by atoms with E-state index in [1.165, 1.54) is 12.1 Å². The standard InChI is InChI=1S/C16H23FN2O2/c1-2-15(13-3-5-14(17)6-4-13)19-11-9-18(10-12-19)8-7-16(20)21/h3-6,15H,2,7-12H2,1H3,(H,20,21). The molecule has 1 heterocycles.